The van der Waals surface area contributed by atoms with E-state index in [1.807, 2.05) is 17.0 Å². The molecule has 1 aliphatic heterocycles. The molecule has 10 heteroatoms. The molecule has 192 valence electrons. The fourth-order valence-corrected chi connectivity index (χ4v) is 4.74. The van der Waals surface area contributed by atoms with Crippen LogP contribution < -0.4 is 15.5 Å². The first kappa shape index (κ1) is 24.6. The molecule has 0 aliphatic carbocycles. The number of imidazole rings is 1. The Bertz CT molecular complexity index is 1420. The minimum atomic E-state index is -2.68. The van der Waals surface area contributed by atoms with Crippen molar-refractivity contribution < 1.29 is 17.6 Å². The van der Waals surface area contributed by atoms with Gasteiger partial charge in [0.05, 0.1) is 11.0 Å². The number of fused-ring (bicyclic) bond motifs is 1. The Labute approximate surface area is 211 Å². The number of rotatable bonds is 7. The van der Waals surface area contributed by atoms with E-state index in [2.05, 4.69) is 15.6 Å². The number of para-hydroxylation sites is 2. The molecule has 4 aromatic rings. The van der Waals surface area contributed by atoms with Crippen LogP contribution in [0.2, 0.25) is 0 Å². The average molecular weight is 511 g/mol. The molecule has 5 rings (SSSR count). The first-order valence-electron chi connectivity index (χ1n) is 12.0. The van der Waals surface area contributed by atoms with E-state index in [1.54, 1.807) is 37.3 Å². The van der Waals surface area contributed by atoms with Crippen molar-refractivity contribution in [3.63, 3.8) is 0 Å². The van der Waals surface area contributed by atoms with Crippen LogP contribution in [0.25, 0.3) is 11.0 Å². The number of nitrogens with one attached hydrogen (secondary N) is 3. The molecule has 0 spiro atoms. The minimum Gasteiger partial charge on any atom is -0.382 e. The first-order valence-corrected chi connectivity index (χ1v) is 12.0. The topological polar surface area (TPSA) is 69.0 Å². The molecule has 37 heavy (non-hydrogen) atoms. The number of halogens is 4. The fourth-order valence-electron chi connectivity index (χ4n) is 4.74. The predicted octanol–water partition coefficient (Wildman–Crippen LogP) is 6.92. The minimum absolute atomic E-state index is 0.107. The molecular formula is C27H26F4N6. The molecule has 1 aromatic heterocycles. The van der Waals surface area contributed by atoms with Crippen molar-refractivity contribution in [1.82, 2.24) is 9.55 Å². The van der Waals surface area contributed by atoms with Crippen LogP contribution >= 0.6 is 0 Å². The summed E-state index contributed by atoms with van der Waals surface area (Å²) in [5.41, 5.74) is 3.46. The predicted molar refractivity (Wildman–Crippen MR) is 138 cm³/mol. The SMILES string of the molecule is CC(=N)c1cc(NC2CCN(c3nc4ccccc4n3C(F)F)CC2)ccc1Nc1cc(F)cc(F)c1. The Kier molecular flexibility index (Phi) is 6.73. The maximum atomic E-state index is 13.8. The molecule has 1 fully saturated rings. The summed E-state index contributed by atoms with van der Waals surface area (Å²) >= 11 is 0. The Morgan fingerprint density at radius 1 is 0.973 bits per heavy atom. The van der Waals surface area contributed by atoms with Gasteiger partial charge in [-0.25, -0.2) is 13.8 Å². The Hall–Kier alpha value is -4.08. The zero-order chi connectivity index (χ0) is 26.1. The van der Waals surface area contributed by atoms with Crippen LogP contribution in [-0.4, -0.2) is 34.4 Å². The lowest BCUT2D eigenvalue weighted by atomic mass is 10.0. The maximum absolute atomic E-state index is 13.8. The molecule has 0 saturated carbocycles. The molecule has 3 N–H and O–H groups in total. The van der Waals surface area contributed by atoms with Gasteiger partial charge >= 0.3 is 6.55 Å². The second kappa shape index (κ2) is 10.1. The van der Waals surface area contributed by atoms with Crippen LogP contribution in [0.15, 0.2) is 60.7 Å². The summed E-state index contributed by atoms with van der Waals surface area (Å²) in [7, 11) is 0. The van der Waals surface area contributed by atoms with Gasteiger partial charge in [-0.3, -0.25) is 4.57 Å². The smallest absolute Gasteiger partial charge is 0.321 e. The van der Waals surface area contributed by atoms with Gasteiger partial charge in [-0.2, -0.15) is 8.78 Å². The molecule has 1 saturated heterocycles. The first-order chi connectivity index (χ1) is 17.8. The number of anilines is 4. The van der Waals surface area contributed by atoms with Gasteiger partial charge in [-0.05, 0) is 62.2 Å². The number of hydrogen-bond acceptors (Lipinski definition) is 5. The number of benzene rings is 3. The Morgan fingerprint density at radius 3 is 2.35 bits per heavy atom. The summed E-state index contributed by atoms with van der Waals surface area (Å²) in [6.45, 7) is 0.0884. The van der Waals surface area contributed by atoms with E-state index in [0.717, 1.165) is 16.3 Å². The molecule has 0 bridgehead atoms. The average Bonchev–Trinajstić information content (AvgIpc) is 3.25. The van der Waals surface area contributed by atoms with E-state index < -0.39 is 18.2 Å². The van der Waals surface area contributed by atoms with E-state index in [4.69, 9.17) is 5.41 Å². The van der Waals surface area contributed by atoms with Crippen LogP contribution in [0.1, 0.15) is 31.9 Å². The Balaban J connectivity index is 1.28. The zero-order valence-electron chi connectivity index (χ0n) is 20.1. The van der Waals surface area contributed by atoms with Crippen LogP contribution in [0.3, 0.4) is 0 Å². The largest absolute Gasteiger partial charge is 0.382 e. The summed E-state index contributed by atoms with van der Waals surface area (Å²) in [6.07, 6.45) is 1.43. The Morgan fingerprint density at radius 2 is 1.68 bits per heavy atom. The number of piperidine rings is 1. The third-order valence-electron chi connectivity index (χ3n) is 6.49. The van der Waals surface area contributed by atoms with Gasteiger partial charge in [-0.15, -0.1) is 0 Å². The van der Waals surface area contributed by atoms with E-state index in [0.29, 0.717) is 53.9 Å². The van der Waals surface area contributed by atoms with Gasteiger partial charge in [0.2, 0.25) is 5.95 Å². The van der Waals surface area contributed by atoms with Crippen LogP contribution in [0.4, 0.5) is 40.6 Å². The van der Waals surface area contributed by atoms with Crippen molar-refractivity contribution in [1.29, 1.82) is 5.41 Å². The van der Waals surface area contributed by atoms with E-state index in [9.17, 15) is 17.6 Å². The van der Waals surface area contributed by atoms with Crippen molar-refractivity contribution in [2.75, 3.05) is 28.6 Å². The fraction of sp³-hybridized carbons (Fsp3) is 0.259. The van der Waals surface area contributed by atoms with Gasteiger partial charge in [0.1, 0.15) is 11.6 Å². The lowest BCUT2D eigenvalue weighted by molar-refractivity contribution is 0.0757. The van der Waals surface area contributed by atoms with E-state index in [1.165, 1.54) is 12.1 Å². The lowest BCUT2D eigenvalue weighted by Crippen LogP contribution is -2.40. The molecule has 6 nitrogen and oxygen atoms in total. The summed E-state index contributed by atoms with van der Waals surface area (Å²) in [4.78, 5) is 6.36. The van der Waals surface area contributed by atoms with Crippen LogP contribution in [-0.2, 0) is 0 Å². The van der Waals surface area contributed by atoms with Gasteiger partial charge in [0, 0.05) is 53.5 Å². The molecule has 0 amide bonds. The van der Waals surface area contributed by atoms with Crippen molar-refractivity contribution >= 4 is 39.8 Å². The molecule has 0 radical (unpaired) electrons. The summed E-state index contributed by atoms with van der Waals surface area (Å²) in [6, 6.07) is 15.6. The highest BCUT2D eigenvalue weighted by Gasteiger charge is 2.26. The summed E-state index contributed by atoms with van der Waals surface area (Å²) < 4.78 is 55.9. The highest BCUT2D eigenvalue weighted by Crippen LogP contribution is 2.31. The third-order valence-corrected chi connectivity index (χ3v) is 6.49. The number of hydrogen-bond donors (Lipinski definition) is 3. The second-order valence-electron chi connectivity index (χ2n) is 9.12. The molecule has 3 aromatic carbocycles. The normalized spacial score (nSPS) is 14.4. The zero-order valence-corrected chi connectivity index (χ0v) is 20.1. The van der Waals surface area contributed by atoms with Gasteiger partial charge in [0.25, 0.3) is 0 Å². The van der Waals surface area contributed by atoms with Crippen LogP contribution in [0, 0.1) is 17.0 Å². The standard InChI is InChI=1S/C27H26F4N6/c1-16(32)22-15-20(6-7-23(22)34-21-13-17(28)12-18(29)14-21)33-19-8-10-36(11-9-19)27-35-24-4-2-3-5-25(24)37(27)26(30)31/h2-7,12-15,19,26,32-34H,8-11H2,1H3. The van der Waals surface area contributed by atoms with Gasteiger partial charge in [-0.1, -0.05) is 12.1 Å². The third kappa shape index (κ3) is 5.23. The quantitative estimate of drug-likeness (QED) is 0.186. The van der Waals surface area contributed by atoms with Crippen molar-refractivity contribution in [3.8, 4) is 0 Å². The van der Waals surface area contributed by atoms with Crippen molar-refractivity contribution in [2.45, 2.75) is 32.4 Å². The summed E-state index contributed by atoms with van der Waals surface area (Å²) in [5.74, 6) is -1.10. The lowest BCUT2D eigenvalue weighted by Gasteiger charge is -2.33. The summed E-state index contributed by atoms with van der Waals surface area (Å²) in [5, 5.41) is 14.6. The van der Waals surface area contributed by atoms with Crippen molar-refractivity contribution in [2.24, 2.45) is 0 Å². The molecule has 2 heterocycles. The monoisotopic (exact) mass is 510 g/mol. The van der Waals surface area contributed by atoms with Crippen molar-refractivity contribution in [3.05, 3.63) is 77.9 Å². The highest BCUT2D eigenvalue weighted by molar-refractivity contribution is 6.03. The highest BCUT2D eigenvalue weighted by atomic mass is 19.3. The second-order valence-corrected chi connectivity index (χ2v) is 9.12. The van der Waals surface area contributed by atoms with E-state index in [-0.39, 0.29) is 17.7 Å². The van der Waals surface area contributed by atoms with Gasteiger partial charge in [0.15, 0.2) is 0 Å². The van der Waals surface area contributed by atoms with Crippen LogP contribution in [0.5, 0.6) is 0 Å². The molecule has 1 aliphatic rings. The van der Waals surface area contributed by atoms with E-state index >= 15 is 0 Å². The number of aromatic nitrogens is 2. The number of alkyl halides is 2. The molecule has 0 unspecified atom stereocenters. The molecule has 0 atom stereocenters. The van der Waals surface area contributed by atoms with Gasteiger partial charge < -0.3 is 20.9 Å². The number of nitrogens with zero attached hydrogens (tertiary/aromatic N) is 3. The molecular weight excluding hydrogens is 484 g/mol. The maximum Gasteiger partial charge on any atom is 0.321 e.